The van der Waals surface area contributed by atoms with Gasteiger partial charge in [-0.2, -0.15) is 0 Å². The van der Waals surface area contributed by atoms with Crippen molar-refractivity contribution in [3.8, 4) is 0 Å². The topological polar surface area (TPSA) is 29.1 Å². The van der Waals surface area contributed by atoms with E-state index in [1.807, 2.05) is 0 Å². The SMILES string of the molecule is O=C(NCC1CCCCC1CCl)c1cccc(Cl)c1F. The fourth-order valence-electron chi connectivity index (χ4n) is 2.75. The minimum atomic E-state index is -0.663. The quantitative estimate of drug-likeness (QED) is 0.826. The van der Waals surface area contributed by atoms with Crippen LogP contribution in [0.5, 0.6) is 0 Å². The van der Waals surface area contributed by atoms with Crippen LogP contribution >= 0.6 is 23.2 Å². The van der Waals surface area contributed by atoms with Gasteiger partial charge in [0, 0.05) is 12.4 Å². The Labute approximate surface area is 128 Å². The molecule has 1 N–H and O–H groups in total. The highest BCUT2D eigenvalue weighted by molar-refractivity contribution is 6.31. The number of amides is 1. The maximum absolute atomic E-state index is 13.7. The van der Waals surface area contributed by atoms with Gasteiger partial charge in [-0.3, -0.25) is 4.79 Å². The molecular weight excluding hydrogens is 300 g/mol. The van der Waals surface area contributed by atoms with Gasteiger partial charge in [0.15, 0.2) is 5.82 Å². The van der Waals surface area contributed by atoms with Crippen molar-refractivity contribution in [3.05, 3.63) is 34.6 Å². The lowest BCUT2D eigenvalue weighted by Crippen LogP contribution is -2.35. The maximum Gasteiger partial charge on any atom is 0.254 e. The molecule has 1 aromatic carbocycles. The monoisotopic (exact) mass is 317 g/mol. The molecule has 0 heterocycles. The summed E-state index contributed by atoms with van der Waals surface area (Å²) in [4.78, 5) is 12.0. The minimum absolute atomic E-state index is 0.00395. The molecule has 1 aliphatic rings. The second kappa shape index (κ2) is 7.28. The number of benzene rings is 1. The van der Waals surface area contributed by atoms with E-state index in [4.69, 9.17) is 23.2 Å². The summed E-state index contributed by atoms with van der Waals surface area (Å²) < 4.78 is 13.7. The van der Waals surface area contributed by atoms with Crippen LogP contribution in [0.2, 0.25) is 5.02 Å². The number of nitrogens with one attached hydrogen (secondary N) is 1. The summed E-state index contributed by atoms with van der Waals surface area (Å²) in [5.41, 5.74) is -0.00395. The molecule has 110 valence electrons. The predicted molar refractivity (Wildman–Crippen MR) is 79.9 cm³/mol. The second-order valence-corrected chi connectivity index (χ2v) is 5.99. The lowest BCUT2D eigenvalue weighted by atomic mass is 9.80. The Bertz CT molecular complexity index is 481. The number of carbonyl (C=O) groups excluding carboxylic acids is 1. The zero-order valence-electron chi connectivity index (χ0n) is 11.2. The summed E-state index contributed by atoms with van der Waals surface area (Å²) in [7, 11) is 0. The summed E-state index contributed by atoms with van der Waals surface area (Å²) in [6.45, 7) is 0.544. The van der Waals surface area contributed by atoms with Crippen molar-refractivity contribution < 1.29 is 9.18 Å². The van der Waals surface area contributed by atoms with E-state index in [1.165, 1.54) is 25.0 Å². The molecule has 0 spiro atoms. The van der Waals surface area contributed by atoms with Crippen molar-refractivity contribution in [2.75, 3.05) is 12.4 Å². The molecule has 2 rings (SSSR count). The smallest absolute Gasteiger partial charge is 0.254 e. The van der Waals surface area contributed by atoms with Gasteiger partial charge in [0.2, 0.25) is 0 Å². The van der Waals surface area contributed by atoms with Gasteiger partial charge in [0.25, 0.3) is 5.91 Å². The summed E-state index contributed by atoms with van der Waals surface area (Å²) in [5.74, 6) is 0.363. The molecule has 1 saturated carbocycles. The second-order valence-electron chi connectivity index (χ2n) is 5.27. The third-order valence-electron chi connectivity index (χ3n) is 3.99. The lowest BCUT2D eigenvalue weighted by molar-refractivity contribution is 0.0932. The van der Waals surface area contributed by atoms with Crippen molar-refractivity contribution in [2.45, 2.75) is 25.7 Å². The number of rotatable bonds is 4. The number of halogens is 3. The first kappa shape index (κ1) is 15.6. The molecule has 0 aliphatic heterocycles. The Morgan fingerprint density at radius 1 is 1.30 bits per heavy atom. The van der Waals surface area contributed by atoms with E-state index in [9.17, 15) is 9.18 Å². The van der Waals surface area contributed by atoms with Crippen LogP contribution in [0.3, 0.4) is 0 Å². The van der Waals surface area contributed by atoms with Crippen molar-refractivity contribution >= 4 is 29.1 Å². The molecule has 1 aliphatic carbocycles. The number of carbonyl (C=O) groups is 1. The highest BCUT2D eigenvalue weighted by atomic mass is 35.5. The van der Waals surface area contributed by atoms with Crippen LogP contribution in [-0.2, 0) is 0 Å². The van der Waals surface area contributed by atoms with Gasteiger partial charge in [0.1, 0.15) is 0 Å². The van der Waals surface area contributed by atoms with Gasteiger partial charge in [-0.15, -0.1) is 11.6 Å². The summed E-state index contributed by atoms with van der Waals surface area (Å²) in [6, 6.07) is 4.44. The Hall–Kier alpha value is -0.800. The zero-order chi connectivity index (χ0) is 14.5. The first-order valence-corrected chi connectivity index (χ1v) is 7.83. The molecule has 0 saturated heterocycles. The van der Waals surface area contributed by atoms with Crippen LogP contribution < -0.4 is 5.32 Å². The van der Waals surface area contributed by atoms with Crippen LogP contribution in [0.25, 0.3) is 0 Å². The standard InChI is InChI=1S/C15H18Cl2FNO/c16-8-10-4-1-2-5-11(10)9-19-15(20)12-6-3-7-13(17)14(12)18/h3,6-7,10-11H,1-2,4-5,8-9H2,(H,19,20). The Morgan fingerprint density at radius 2 is 2.00 bits per heavy atom. The van der Waals surface area contributed by atoms with Crippen LogP contribution in [0, 0.1) is 17.7 Å². The minimum Gasteiger partial charge on any atom is -0.352 e. The van der Waals surface area contributed by atoms with E-state index in [0.717, 1.165) is 12.8 Å². The molecule has 1 amide bonds. The Morgan fingerprint density at radius 3 is 2.70 bits per heavy atom. The van der Waals surface area contributed by atoms with E-state index >= 15 is 0 Å². The average molecular weight is 318 g/mol. The largest absolute Gasteiger partial charge is 0.352 e. The fraction of sp³-hybridized carbons (Fsp3) is 0.533. The van der Waals surface area contributed by atoms with Gasteiger partial charge in [-0.05, 0) is 36.8 Å². The maximum atomic E-state index is 13.7. The molecule has 5 heteroatoms. The highest BCUT2D eigenvalue weighted by Gasteiger charge is 2.25. The van der Waals surface area contributed by atoms with Crippen molar-refractivity contribution in [3.63, 3.8) is 0 Å². The van der Waals surface area contributed by atoms with Crippen LogP contribution in [-0.4, -0.2) is 18.3 Å². The van der Waals surface area contributed by atoms with Crippen LogP contribution in [0.1, 0.15) is 36.0 Å². The third-order valence-corrected chi connectivity index (χ3v) is 4.67. The summed E-state index contributed by atoms with van der Waals surface area (Å²) in [6.07, 6.45) is 4.54. The van der Waals surface area contributed by atoms with Gasteiger partial charge < -0.3 is 5.32 Å². The van der Waals surface area contributed by atoms with Crippen molar-refractivity contribution in [2.24, 2.45) is 11.8 Å². The molecule has 0 radical (unpaired) electrons. The molecular formula is C15H18Cl2FNO. The molecule has 0 aromatic heterocycles. The highest BCUT2D eigenvalue weighted by Crippen LogP contribution is 2.30. The van der Waals surface area contributed by atoms with E-state index in [1.54, 1.807) is 6.07 Å². The number of hydrogen-bond acceptors (Lipinski definition) is 1. The van der Waals surface area contributed by atoms with E-state index in [2.05, 4.69) is 5.32 Å². The molecule has 2 unspecified atom stereocenters. The van der Waals surface area contributed by atoms with Gasteiger partial charge in [0.05, 0.1) is 10.6 Å². The van der Waals surface area contributed by atoms with Gasteiger partial charge >= 0.3 is 0 Å². The van der Waals surface area contributed by atoms with Crippen LogP contribution in [0.4, 0.5) is 4.39 Å². The number of alkyl halides is 1. The van der Waals surface area contributed by atoms with Gasteiger partial charge in [-0.1, -0.05) is 30.5 Å². The first-order valence-electron chi connectivity index (χ1n) is 6.91. The molecule has 1 fully saturated rings. The zero-order valence-corrected chi connectivity index (χ0v) is 12.7. The average Bonchev–Trinajstić information content (AvgIpc) is 2.48. The Balaban J connectivity index is 1.96. The van der Waals surface area contributed by atoms with E-state index in [-0.39, 0.29) is 10.6 Å². The molecule has 2 nitrogen and oxygen atoms in total. The molecule has 20 heavy (non-hydrogen) atoms. The summed E-state index contributed by atoms with van der Waals surface area (Å²) in [5, 5.41) is 2.77. The van der Waals surface area contributed by atoms with Crippen molar-refractivity contribution in [1.82, 2.24) is 5.32 Å². The van der Waals surface area contributed by atoms with E-state index < -0.39 is 11.7 Å². The molecule has 0 bridgehead atoms. The third kappa shape index (κ3) is 3.64. The lowest BCUT2D eigenvalue weighted by Gasteiger charge is -2.30. The predicted octanol–water partition coefficient (Wildman–Crippen LogP) is 4.25. The van der Waals surface area contributed by atoms with E-state index in [0.29, 0.717) is 24.3 Å². The Kier molecular flexibility index (Phi) is 5.67. The molecule has 2 atom stereocenters. The van der Waals surface area contributed by atoms with Crippen LogP contribution in [0.15, 0.2) is 18.2 Å². The van der Waals surface area contributed by atoms with Crippen molar-refractivity contribution in [1.29, 1.82) is 0 Å². The normalized spacial score (nSPS) is 22.6. The number of hydrogen-bond donors (Lipinski definition) is 1. The van der Waals surface area contributed by atoms with Gasteiger partial charge in [-0.25, -0.2) is 4.39 Å². The first-order chi connectivity index (χ1) is 9.63. The summed E-state index contributed by atoms with van der Waals surface area (Å²) >= 11 is 11.6. The fourth-order valence-corrected chi connectivity index (χ4v) is 3.34. The molecule has 1 aromatic rings.